The van der Waals surface area contributed by atoms with E-state index in [1.807, 2.05) is 18.2 Å². The summed E-state index contributed by atoms with van der Waals surface area (Å²) in [5.41, 5.74) is 10.3. The summed E-state index contributed by atoms with van der Waals surface area (Å²) in [6.45, 7) is 4.50. The second kappa shape index (κ2) is 4.48. The molecule has 0 aliphatic carbocycles. The molecule has 2 aromatic rings. The average molecular weight is 241 g/mol. The Kier molecular flexibility index (Phi) is 2.82. The van der Waals surface area contributed by atoms with Gasteiger partial charge in [0.25, 0.3) is 0 Å². The van der Waals surface area contributed by atoms with Crippen LogP contribution in [0.5, 0.6) is 0 Å². The maximum Gasteiger partial charge on any atom is 0.0727 e. The van der Waals surface area contributed by atoms with Crippen LogP contribution >= 0.6 is 0 Å². The summed E-state index contributed by atoms with van der Waals surface area (Å²) in [7, 11) is 0. The highest BCUT2D eigenvalue weighted by atomic mass is 15.2. The van der Waals surface area contributed by atoms with E-state index < -0.39 is 0 Å². The Hall–Kier alpha value is -1.77. The van der Waals surface area contributed by atoms with E-state index in [0.29, 0.717) is 0 Å². The molecule has 0 atom stereocenters. The molecule has 1 aliphatic heterocycles. The number of aromatic nitrogens is 1. The predicted molar refractivity (Wildman–Crippen MR) is 77.0 cm³/mol. The van der Waals surface area contributed by atoms with Crippen molar-refractivity contribution in [2.24, 2.45) is 0 Å². The Balaban J connectivity index is 2.17. The van der Waals surface area contributed by atoms with E-state index in [0.717, 1.165) is 37.1 Å². The molecular weight excluding hydrogens is 222 g/mol. The van der Waals surface area contributed by atoms with Crippen molar-refractivity contribution < 1.29 is 0 Å². The van der Waals surface area contributed by atoms with Gasteiger partial charge in [-0.2, -0.15) is 0 Å². The van der Waals surface area contributed by atoms with Gasteiger partial charge in [0.05, 0.1) is 5.52 Å². The van der Waals surface area contributed by atoms with E-state index in [1.54, 1.807) is 0 Å². The van der Waals surface area contributed by atoms with Gasteiger partial charge in [0.2, 0.25) is 0 Å². The third-order valence-corrected chi connectivity index (χ3v) is 3.57. The monoisotopic (exact) mass is 241 g/mol. The van der Waals surface area contributed by atoms with E-state index in [2.05, 4.69) is 17.9 Å². The molecule has 0 amide bonds. The molecule has 1 aliphatic rings. The Morgan fingerprint density at radius 3 is 2.78 bits per heavy atom. The molecule has 0 spiro atoms. The first-order valence-corrected chi connectivity index (χ1v) is 6.72. The highest BCUT2D eigenvalue weighted by molar-refractivity contribution is 5.94. The normalized spacial score (nSPS) is 14.8. The van der Waals surface area contributed by atoms with Gasteiger partial charge in [0.1, 0.15) is 0 Å². The maximum absolute atomic E-state index is 5.90. The quantitative estimate of drug-likeness (QED) is 0.840. The van der Waals surface area contributed by atoms with Crippen molar-refractivity contribution in [2.75, 3.05) is 23.7 Å². The molecule has 3 heteroatoms. The van der Waals surface area contributed by atoms with Crippen LogP contribution in [0.25, 0.3) is 10.9 Å². The van der Waals surface area contributed by atoms with E-state index >= 15 is 0 Å². The third kappa shape index (κ3) is 1.90. The van der Waals surface area contributed by atoms with Crippen molar-refractivity contribution in [2.45, 2.75) is 26.2 Å². The van der Waals surface area contributed by atoms with Crippen LogP contribution in [0.15, 0.2) is 24.3 Å². The predicted octanol–water partition coefficient (Wildman–Crippen LogP) is 2.98. The summed E-state index contributed by atoms with van der Waals surface area (Å²) in [4.78, 5) is 7.14. The molecular formula is C15H19N3. The van der Waals surface area contributed by atoms with E-state index in [4.69, 9.17) is 10.7 Å². The average Bonchev–Trinajstić information content (AvgIpc) is 2.28. The van der Waals surface area contributed by atoms with E-state index in [1.165, 1.54) is 23.2 Å². The Bertz CT molecular complexity index is 573. The lowest BCUT2D eigenvalue weighted by Gasteiger charge is -2.34. The zero-order valence-electron chi connectivity index (χ0n) is 10.8. The van der Waals surface area contributed by atoms with Crippen LogP contribution in [0.3, 0.4) is 0 Å². The van der Waals surface area contributed by atoms with Crippen LogP contribution < -0.4 is 10.6 Å². The number of nitrogen functional groups attached to an aromatic ring is 1. The van der Waals surface area contributed by atoms with Crippen molar-refractivity contribution in [1.82, 2.24) is 4.98 Å². The van der Waals surface area contributed by atoms with Crippen molar-refractivity contribution in [3.63, 3.8) is 0 Å². The minimum atomic E-state index is 0.814. The number of hydrogen-bond acceptors (Lipinski definition) is 3. The zero-order chi connectivity index (χ0) is 12.5. The minimum absolute atomic E-state index is 0.814. The van der Waals surface area contributed by atoms with Crippen molar-refractivity contribution in [3.05, 3.63) is 30.0 Å². The Morgan fingerprint density at radius 2 is 2.11 bits per heavy atom. The van der Waals surface area contributed by atoms with Gasteiger partial charge in [-0.15, -0.1) is 0 Å². The molecule has 0 saturated carbocycles. The molecule has 3 rings (SSSR count). The minimum Gasteiger partial charge on any atom is -0.399 e. The number of nitrogens with two attached hydrogens (primary N) is 1. The van der Waals surface area contributed by atoms with Crippen molar-refractivity contribution in [3.8, 4) is 0 Å². The summed E-state index contributed by atoms with van der Waals surface area (Å²) in [6.07, 6.45) is 3.46. The molecule has 1 aromatic carbocycles. The van der Waals surface area contributed by atoms with Crippen LogP contribution in [0, 0.1) is 0 Å². The summed E-state index contributed by atoms with van der Waals surface area (Å²) < 4.78 is 0. The topological polar surface area (TPSA) is 42.1 Å². The molecule has 0 radical (unpaired) electrons. The van der Waals surface area contributed by atoms with Crippen LogP contribution in [-0.2, 0) is 6.42 Å². The second-order valence-electron chi connectivity index (χ2n) is 5.00. The van der Waals surface area contributed by atoms with Gasteiger partial charge in [-0.1, -0.05) is 13.3 Å². The van der Waals surface area contributed by atoms with Gasteiger partial charge < -0.3 is 10.6 Å². The number of rotatable bonds is 3. The van der Waals surface area contributed by atoms with Crippen molar-refractivity contribution in [1.29, 1.82) is 0 Å². The first-order valence-electron chi connectivity index (χ1n) is 6.72. The highest BCUT2D eigenvalue weighted by Crippen LogP contribution is 2.31. The van der Waals surface area contributed by atoms with Gasteiger partial charge in [0.15, 0.2) is 0 Å². The van der Waals surface area contributed by atoms with Gasteiger partial charge >= 0.3 is 0 Å². The maximum atomic E-state index is 5.90. The number of benzene rings is 1. The smallest absolute Gasteiger partial charge is 0.0727 e. The molecule has 18 heavy (non-hydrogen) atoms. The van der Waals surface area contributed by atoms with E-state index in [-0.39, 0.29) is 0 Å². The Labute approximate surface area is 108 Å². The molecule has 2 heterocycles. The number of pyridine rings is 1. The van der Waals surface area contributed by atoms with Crippen LogP contribution in [0.1, 0.15) is 25.5 Å². The number of fused-ring (bicyclic) bond motifs is 1. The van der Waals surface area contributed by atoms with E-state index in [9.17, 15) is 0 Å². The molecule has 0 bridgehead atoms. The largest absolute Gasteiger partial charge is 0.399 e. The fourth-order valence-corrected chi connectivity index (χ4v) is 2.48. The van der Waals surface area contributed by atoms with Crippen molar-refractivity contribution >= 4 is 22.3 Å². The second-order valence-corrected chi connectivity index (χ2v) is 5.00. The molecule has 1 saturated heterocycles. The zero-order valence-corrected chi connectivity index (χ0v) is 10.8. The first-order chi connectivity index (χ1) is 8.78. The van der Waals surface area contributed by atoms with Gasteiger partial charge in [-0.25, -0.2) is 0 Å². The lowest BCUT2D eigenvalue weighted by atomic mass is 10.1. The fraction of sp³-hybridized carbons (Fsp3) is 0.400. The van der Waals surface area contributed by atoms with Crippen LogP contribution in [-0.4, -0.2) is 18.1 Å². The van der Waals surface area contributed by atoms with Gasteiger partial charge in [0, 0.05) is 35.5 Å². The lowest BCUT2D eigenvalue weighted by molar-refractivity contribution is 0.619. The van der Waals surface area contributed by atoms with Gasteiger partial charge in [-0.3, -0.25) is 4.98 Å². The standard InChI is InChI=1S/C15H19N3/c1-2-4-12-10-15(18-7-3-8-18)13-9-11(16)5-6-14(13)17-12/h5-6,9-10H,2-4,7-8,16H2,1H3. The SMILES string of the molecule is CCCc1cc(N2CCC2)c2cc(N)ccc2n1. The summed E-state index contributed by atoms with van der Waals surface area (Å²) in [6, 6.07) is 8.26. The van der Waals surface area contributed by atoms with Gasteiger partial charge in [-0.05, 0) is 37.1 Å². The number of aryl methyl sites for hydroxylation is 1. The molecule has 1 aromatic heterocycles. The number of nitrogens with zero attached hydrogens (tertiary/aromatic N) is 2. The highest BCUT2D eigenvalue weighted by Gasteiger charge is 2.18. The molecule has 0 unspecified atom stereocenters. The molecule has 3 nitrogen and oxygen atoms in total. The first kappa shape index (κ1) is 11.3. The lowest BCUT2D eigenvalue weighted by Crippen LogP contribution is -2.37. The van der Waals surface area contributed by atoms with Crippen LogP contribution in [0.2, 0.25) is 0 Å². The number of hydrogen-bond donors (Lipinski definition) is 1. The summed E-state index contributed by atoms with van der Waals surface area (Å²) in [5.74, 6) is 0. The fourth-order valence-electron chi connectivity index (χ4n) is 2.48. The Morgan fingerprint density at radius 1 is 1.28 bits per heavy atom. The molecule has 1 fully saturated rings. The molecule has 2 N–H and O–H groups in total. The number of anilines is 2. The van der Waals surface area contributed by atoms with Crippen LogP contribution in [0.4, 0.5) is 11.4 Å². The summed E-state index contributed by atoms with van der Waals surface area (Å²) in [5, 5.41) is 1.19. The molecule has 94 valence electrons. The summed E-state index contributed by atoms with van der Waals surface area (Å²) >= 11 is 0. The third-order valence-electron chi connectivity index (χ3n) is 3.57.